The predicted octanol–water partition coefficient (Wildman–Crippen LogP) is 4.23. The minimum atomic E-state index is -0.102. The van der Waals surface area contributed by atoms with Crippen molar-refractivity contribution in [3.05, 3.63) is 0 Å². The van der Waals surface area contributed by atoms with E-state index in [9.17, 15) is 5.11 Å². The average molecular weight is 374 g/mol. The minimum absolute atomic E-state index is 0.102. The van der Waals surface area contributed by atoms with Gasteiger partial charge in [0, 0.05) is 6.04 Å². The number of epoxide rings is 1. The number of piperidine rings is 1. The van der Waals surface area contributed by atoms with Crippen molar-refractivity contribution in [2.45, 2.75) is 102 Å². The maximum absolute atomic E-state index is 11.5. The Labute approximate surface area is 165 Å². The summed E-state index contributed by atoms with van der Waals surface area (Å²) in [4.78, 5) is 2.67. The highest BCUT2D eigenvalue weighted by Gasteiger charge is 2.65. The number of fused-ring (bicyclic) bond motifs is 6. The van der Waals surface area contributed by atoms with Gasteiger partial charge in [0.05, 0.1) is 18.3 Å². The number of aliphatic hydroxyl groups is 1. The maximum Gasteiger partial charge on any atom is 0.0847 e. The Kier molecular flexibility index (Phi) is 3.91. The van der Waals surface area contributed by atoms with Gasteiger partial charge >= 0.3 is 0 Å². The first-order valence-corrected chi connectivity index (χ1v) is 12.1. The SMILES string of the molecule is C[C@]12C[C@H]3O[C@H]3C[C@@H]1CC[C@@H]1[C@@H]2CC[C@]2(C)[C@@H](O)[C@H](N3CCCCC3)C[C@@H]12. The molecule has 152 valence electrons. The number of aliphatic hydroxyl groups excluding tert-OH is 1. The molecule has 2 heterocycles. The molecule has 4 saturated carbocycles. The molecular weight excluding hydrogens is 334 g/mol. The second-order valence-corrected chi connectivity index (χ2v) is 11.7. The number of rotatable bonds is 1. The van der Waals surface area contributed by atoms with Crippen LogP contribution in [0.2, 0.25) is 0 Å². The fraction of sp³-hybridized carbons (Fsp3) is 1.00. The Morgan fingerprint density at radius 2 is 1.70 bits per heavy atom. The first-order chi connectivity index (χ1) is 13.0. The van der Waals surface area contributed by atoms with Crippen LogP contribution in [0.4, 0.5) is 0 Å². The Balaban J connectivity index is 1.27. The largest absolute Gasteiger partial charge is 0.391 e. The molecule has 0 bridgehead atoms. The summed E-state index contributed by atoms with van der Waals surface area (Å²) in [5.41, 5.74) is 0.676. The third-order valence-corrected chi connectivity index (χ3v) is 10.7. The fourth-order valence-electron chi connectivity index (χ4n) is 9.11. The minimum Gasteiger partial charge on any atom is -0.391 e. The third kappa shape index (κ3) is 2.43. The molecule has 3 nitrogen and oxygen atoms in total. The van der Waals surface area contributed by atoms with Gasteiger partial charge in [-0.15, -0.1) is 0 Å². The Hall–Kier alpha value is -0.120. The molecule has 2 saturated heterocycles. The molecule has 3 heteroatoms. The molecule has 27 heavy (non-hydrogen) atoms. The lowest BCUT2D eigenvalue weighted by atomic mass is 9.45. The highest BCUT2D eigenvalue weighted by atomic mass is 16.6. The van der Waals surface area contributed by atoms with E-state index in [1.165, 1.54) is 77.3 Å². The Morgan fingerprint density at radius 3 is 2.52 bits per heavy atom. The van der Waals surface area contributed by atoms with Gasteiger partial charge in [-0.3, -0.25) is 4.90 Å². The van der Waals surface area contributed by atoms with Crippen LogP contribution in [0.5, 0.6) is 0 Å². The van der Waals surface area contributed by atoms with Crippen LogP contribution in [0.3, 0.4) is 0 Å². The first-order valence-electron chi connectivity index (χ1n) is 12.1. The third-order valence-electron chi connectivity index (χ3n) is 10.7. The van der Waals surface area contributed by atoms with Gasteiger partial charge in [0.2, 0.25) is 0 Å². The monoisotopic (exact) mass is 373 g/mol. The van der Waals surface area contributed by atoms with Crippen molar-refractivity contribution in [2.75, 3.05) is 13.1 Å². The van der Waals surface area contributed by atoms with Crippen LogP contribution in [0.1, 0.15) is 78.1 Å². The summed E-state index contributed by atoms with van der Waals surface area (Å²) in [7, 11) is 0. The predicted molar refractivity (Wildman–Crippen MR) is 106 cm³/mol. The molecule has 1 N–H and O–H groups in total. The summed E-state index contributed by atoms with van der Waals surface area (Å²) >= 11 is 0. The summed E-state index contributed by atoms with van der Waals surface area (Å²) in [6, 6.07) is 0.437. The smallest absolute Gasteiger partial charge is 0.0847 e. The van der Waals surface area contributed by atoms with Crippen molar-refractivity contribution >= 4 is 0 Å². The summed E-state index contributed by atoms with van der Waals surface area (Å²) in [5.74, 6) is 3.38. The van der Waals surface area contributed by atoms with E-state index in [-0.39, 0.29) is 11.5 Å². The molecule has 0 unspecified atom stereocenters. The Morgan fingerprint density at radius 1 is 0.889 bits per heavy atom. The van der Waals surface area contributed by atoms with E-state index in [4.69, 9.17) is 4.74 Å². The topological polar surface area (TPSA) is 36.0 Å². The second kappa shape index (κ2) is 5.95. The van der Waals surface area contributed by atoms with Crippen molar-refractivity contribution in [1.29, 1.82) is 0 Å². The van der Waals surface area contributed by atoms with Gasteiger partial charge in [-0.25, -0.2) is 0 Å². The highest BCUT2D eigenvalue weighted by Crippen LogP contribution is 2.68. The molecule has 0 amide bonds. The zero-order valence-corrected chi connectivity index (χ0v) is 17.4. The van der Waals surface area contributed by atoms with Crippen LogP contribution in [0, 0.1) is 34.5 Å². The lowest BCUT2D eigenvalue weighted by Crippen LogP contribution is -2.54. The standard InChI is InChI=1S/C24H39NO2/c1-23-9-8-17-16(7-6-15-12-20-21(27-20)14-24(15,17)2)18(23)13-19(22(23)26)25-10-4-3-5-11-25/h15-22,26H,3-14H2,1-2H3/t15-,16+,17-,18-,19+,20-,21+,22-,23-,24-/m0/s1. The van der Waals surface area contributed by atoms with E-state index < -0.39 is 0 Å². The summed E-state index contributed by atoms with van der Waals surface area (Å²) < 4.78 is 5.99. The number of ether oxygens (including phenoxy) is 1. The molecule has 6 aliphatic rings. The maximum atomic E-state index is 11.5. The lowest BCUT2D eigenvalue weighted by Gasteiger charge is -2.59. The van der Waals surface area contributed by atoms with E-state index in [1.54, 1.807) is 0 Å². The van der Waals surface area contributed by atoms with Crippen LogP contribution in [0.25, 0.3) is 0 Å². The number of nitrogens with zero attached hydrogens (tertiary/aromatic N) is 1. The van der Waals surface area contributed by atoms with Gasteiger partial charge in [-0.2, -0.15) is 0 Å². The zero-order valence-electron chi connectivity index (χ0n) is 17.4. The molecule has 4 aliphatic carbocycles. The molecule has 0 aromatic heterocycles. The van der Waals surface area contributed by atoms with Gasteiger partial charge in [0.1, 0.15) is 0 Å². The fourth-order valence-corrected chi connectivity index (χ4v) is 9.11. The number of hydrogen-bond acceptors (Lipinski definition) is 3. The van der Waals surface area contributed by atoms with Gasteiger partial charge in [0.25, 0.3) is 0 Å². The van der Waals surface area contributed by atoms with E-state index in [2.05, 4.69) is 18.7 Å². The van der Waals surface area contributed by atoms with E-state index in [0.29, 0.717) is 23.7 Å². The van der Waals surface area contributed by atoms with Crippen LogP contribution in [0.15, 0.2) is 0 Å². The van der Waals surface area contributed by atoms with Crippen LogP contribution in [-0.2, 0) is 4.74 Å². The molecule has 0 spiro atoms. The van der Waals surface area contributed by atoms with Crippen LogP contribution < -0.4 is 0 Å². The Bertz CT molecular complexity index is 603. The van der Waals surface area contributed by atoms with Crippen molar-refractivity contribution in [3.8, 4) is 0 Å². The van der Waals surface area contributed by atoms with E-state index in [1.807, 2.05) is 0 Å². The lowest BCUT2D eigenvalue weighted by molar-refractivity contribution is -0.119. The van der Waals surface area contributed by atoms with Crippen molar-refractivity contribution in [3.63, 3.8) is 0 Å². The summed E-state index contributed by atoms with van der Waals surface area (Å²) in [6.45, 7) is 7.53. The van der Waals surface area contributed by atoms with Crippen LogP contribution in [-0.4, -0.2) is 47.4 Å². The highest BCUT2D eigenvalue weighted by molar-refractivity contribution is 5.14. The average Bonchev–Trinajstić information content (AvgIpc) is 3.36. The summed E-state index contributed by atoms with van der Waals surface area (Å²) in [5, 5.41) is 11.5. The van der Waals surface area contributed by atoms with Gasteiger partial charge < -0.3 is 9.84 Å². The van der Waals surface area contributed by atoms with Gasteiger partial charge in [0.15, 0.2) is 0 Å². The van der Waals surface area contributed by atoms with Crippen molar-refractivity contribution in [1.82, 2.24) is 4.90 Å². The first kappa shape index (κ1) is 17.7. The molecule has 0 radical (unpaired) electrons. The van der Waals surface area contributed by atoms with E-state index in [0.717, 1.165) is 23.7 Å². The van der Waals surface area contributed by atoms with Gasteiger partial charge in [-0.1, -0.05) is 20.3 Å². The molecule has 0 aromatic carbocycles. The van der Waals surface area contributed by atoms with Crippen molar-refractivity contribution < 1.29 is 9.84 Å². The zero-order chi connectivity index (χ0) is 18.4. The van der Waals surface area contributed by atoms with Gasteiger partial charge in [-0.05, 0) is 105 Å². The second-order valence-electron chi connectivity index (χ2n) is 11.7. The van der Waals surface area contributed by atoms with Crippen LogP contribution >= 0.6 is 0 Å². The quantitative estimate of drug-likeness (QED) is 0.699. The normalized spacial score (nSPS) is 60.1. The molecule has 10 atom stereocenters. The number of hydrogen-bond donors (Lipinski definition) is 1. The van der Waals surface area contributed by atoms with Crippen molar-refractivity contribution in [2.24, 2.45) is 34.5 Å². The molecule has 0 aromatic rings. The summed E-state index contributed by atoms with van der Waals surface area (Å²) in [6.07, 6.45) is 14.5. The number of likely N-dealkylation sites (tertiary alicyclic amines) is 1. The molecule has 2 aliphatic heterocycles. The van der Waals surface area contributed by atoms with E-state index >= 15 is 0 Å². The molecular formula is C24H39NO2. The molecule has 6 fully saturated rings. The molecule has 6 rings (SSSR count).